The number of aliphatic carboxylic acids is 1. The highest BCUT2D eigenvalue weighted by atomic mass is 35.5. The lowest BCUT2D eigenvalue weighted by molar-refractivity contribution is -0.144. The van der Waals surface area contributed by atoms with E-state index in [1.165, 1.54) is 6.42 Å². The lowest BCUT2D eigenvalue weighted by Gasteiger charge is -2.30. The zero-order valence-electron chi connectivity index (χ0n) is 14.1. The van der Waals surface area contributed by atoms with Crippen molar-refractivity contribution in [3.63, 3.8) is 0 Å². The van der Waals surface area contributed by atoms with Crippen molar-refractivity contribution in [3.05, 3.63) is 0 Å². The van der Waals surface area contributed by atoms with E-state index in [2.05, 4.69) is 17.6 Å². The second-order valence-electron chi connectivity index (χ2n) is 6.80. The molecule has 1 saturated heterocycles. The lowest BCUT2D eigenvalue weighted by atomic mass is 9.86. The molecule has 0 aromatic rings. The van der Waals surface area contributed by atoms with Crippen LogP contribution >= 0.6 is 12.4 Å². The molecule has 1 saturated carbocycles. The number of carboxylic acid groups (broad SMARTS) is 1. The van der Waals surface area contributed by atoms with Crippen LogP contribution in [-0.4, -0.2) is 53.6 Å². The molecule has 24 heavy (non-hydrogen) atoms. The van der Waals surface area contributed by atoms with Gasteiger partial charge in [-0.2, -0.15) is 0 Å². The van der Waals surface area contributed by atoms with E-state index in [9.17, 15) is 14.4 Å². The summed E-state index contributed by atoms with van der Waals surface area (Å²) in [6.07, 6.45) is 5.76. The third-order valence-corrected chi connectivity index (χ3v) is 4.90. The quantitative estimate of drug-likeness (QED) is 0.706. The SMILES string of the molecule is CC1CCCCC1NC(=O)NC(=O)CN1CCCC(C(=O)O)C1.Cl. The highest BCUT2D eigenvalue weighted by molar-refractivity contribution is 5.95. The van der Waals surface area contributed by atoms with E-state index in [4.69, 9.17) is 5.11 Å². The van der Waals surface area contributed by atoms with Crippen molar-refractivity contribution in [2.75, 3.05) is 19.6 Å². The number of nitrogens with zero attached hydrogens (tertiary/aromatic N) is 1. The molecule has 2 rings (SSSR count). The molecule has 3 atom stereocenters. The van der Waals surface area contributed by atoms with Crippen LogP contribution in [0.1, 0.15) is 45.4 Å². The Balaban J connectivity index is 0.00000288. The predicted octanol–water partition coefficient (Wildman–Crippen LogP) is 1.61. The largest absolute Gasteiger partial charge is 0.481 e. The molecule has 3 amide bonds. The van der Waals surface area contributed by atoms with E-state index in [0.717, 1.165) is 25.7 Å². The van der Waals surface area contributed by atoms with Crippen LogP contribution in [0.15, 0.2) is 0 Å². The van der Waals surface area contributed by atoms with Gasteiger partial charge in [-0.3, -0.25) is 19.8 Å². The van der Waals surface area contributed by atoms with Gasteiger partial charge in [0.25, 0.3) is 0 Å². The van der Waals surface area contributed by atoms with Crippen molar-refractivity contribution in [2.24, 2.45) is 11.8 Å². The number of amides is 3. The molecule has 7 nitrogen and oxygen atoms in total. The van der Waals surface area contributed by atoms with Crippen LogP contribution in [0.3, 0.4) is 0 Å². The van der Waals surface area contributed by atoms with Gasteiger partial charge in [0.2, 0.25) is 5.91 Å². The number of imide groups is 1. The first-order valence-corrected chi connectivity index (χ1v) is 8.51. The summed E-state index contributed by atoms with van der Waals surface area (Å²) >= 11 is 0. The first-order valence-electron chi connectivity index (χ1n) is 8.51. The molecule has 2 fully saturated rings. The molecule has 0 radical (unpaired) electrons. The molecule has 0 bridgehead atoms. The molecule has 8 heteroatoms. The van der Waals surface area contributed by atoms with Gasteiger partial charge in [-0.25, -0.2) is 4.79 Å². The van der Waals surface area contributed by atoms with Crippen molar-refractivity contribution in [1.82, 2.24) is 15.5 Å². The summed E-state index contributed by atoms with van der Waals surface area (Å²) in [6, 6.07) is -0.316. The van der Waals surface area contributed by atoms with E-state index in [1.807, 2.05) is 0 Å². The smallest absolute Gasteiger partial charge is 0.321 e. The predicted molar refractivity (Wildman–Crippen MR) is 92.1 cm³/mol. The summed E-state index contributed by atoms with van der Waals surface area (Å²) in [4.78, 5) is 36.7. The molecule has 0 aromatic carbocycles. The molecule has 1 heterocycles. The molecule has 1 aliphatic carbocycles. The fraction of sp³-hybridized carbons (Fsp3) is 0.812. The highest BCUT2D eigenvalue weighted by Crippen LogP contribution is 2.23. The summed E-state index contributed by atoms with van der Waals surface area (Å²) in [5, 5.41) is 14.3. The molecule has 3 N–H and O–H groups in total. The van der Waals surface area contributed by atoms with Gasteiger partial charge in [-0.15, -0.1) is 12.4 Å². The van der Waals surface area contributed by atoms with E-state index in [-0.39, 0.29) is 30.9 Å². The van der Waals surface area contributed by atoms with E-state index < -0.39 is 17.9 Å². The fourth-order valence-corrected chi connectivity index (χ4v) is 3.51. The number of carboxylic acids is 1. The van der Waals surface area contributed by atoms with Gasteiger partial charge in [0.1, 0.15) is 0 Å². The molecule has 0 spiro atoms. The fourth-order valence-electron chi connectivity index (χ4n) is 3.51. The van der Waals surface area contributed by atoms with Gasteiger partial charge in [-0.05, 0) is 38.1 Å². The van der Waals surface area contributed by atoms with Crippen LogP contribution < -0.4 is 10.6 Å². The summed E-state index contributed by atoms with van der Waals surface area (Å²) in [5.74, 6) is -1.19. The minimum Gasteiger partial charge on any atom is -0.481 e. The number of carbonyl (C=O) groups is 3. The van der Waals surface area contributed by atoms with Gasteiger partial charge in [0.05, 0.1) is 12.5 Å². The molecule has 3 unspecified atom stereocenters. The Morgan fingerprint density at radius 1 is 1.12 bits per heavy atom. The monoisotopic (exact) mass is 361 g/mol. The maximum absolute atomic E-state index is 12.0. The molecule has 2 aliphatic rings. The van der Waals surface area contributed by atoms with E-state index in [0.29, 0.717) is 25.4 Å². The Bertz CT molecular complexity index is 461. The van der Waals surface area contributed by atoms with Crippen molar-refractivity contribution >= 4 is 30.3 Å². The van der Waals surface area contributed by atoms with Gasteiger partial charge < -0.3 is 10.4 Å². The average Bonchev–Trinajstić information content (AvgIpc) is 2.49. The maximum atomic E-state index is 12.0. The number of urea groups is 1. The lowest BCUT2D eigenvalue weighted by Crippen LogP contribution is -2.51. The number of piperidine rings is 1. The molecule has 1 aliphatic heterocycles. The van der Waals surface area contributed by atoms with Crippen LogP contribution in [0.25, 0.3) is 0 Å². The normalized spacial score (nSPS) is 27.6. The van der Waals surface area contributed by atoms with Gasteiger partial charge in [-0.1, -0.05) is 19.8 Å². The minimum absolute atomic E-state index is 0. The van der Waals surface area contributed by atoms with Crippen LogP contribution in [0.4, 0.5) is 4.79 Å². The molecular weight excluding hydrogens is 334 g/mol. The zero-order chi connectivity index (χ0) is 16.8. The van der Waals surface area contributed by atoms with Crippen LogP contribution in [0.5, 0.6) is 0 Å². The molecular formula is C16H28ClN3O4. The number of rotatable bonds is 4. The zero-order valence-corrected chi connectivity index (χ0v) is 14.9. The summed E-state index contributed by atoms with van der Waals surface area (Å²) < 4.78 is 0. The number of likely N-dealkylation sites (tertiary alicyclic amines) is 1. The Morgan fingerprint density at radius 2 is 1.83 bits per heavy atom. The van der Waals surface area contributed by atoms with Crippen molar-refractivity contribution in [1.29, 1.82) is 0 Å². The number of hydrogen-bond donors (Lipinski definition) is 3. The number of carbonyl (C=O) groups excluding carboxylic acids is 2. The van der Waals surface area contributed by atoms with Gasteiger partial charge in [0.15, 0.2) is 0 Å². The van der Waals surface area contributed by atoms with Crippen molar-refractivity contribution in [3.8, 4) is 0 Å². The maximum Gasteiger partial charge on any atom is 0.321 e. The Labute approximate surface area is 148 Å². The molecule has 0 aromatic heterocycles. The third kappa shape index (κ3) is 6.28. The van der Waals surface area contributed by atoms with Gasteiger partial charge >= 0.3 is 12.0 Å². The van der Waals surface area contributed by atoms with E-state index >= 15 is 0 Å². The summed E-state index contributed by atoms with van der Waals surface area (Å²) in [6.45, 7) is 3.24. The second-order valence-corrected chi connectivity index (χ2v) is 6.80. The molecule has 138 valence electrons. The topological polar surface area (TPSA) is 98.7 Å². The Kier molecular flexibility index (Phi) is 8.48. The second kappa shape index (κ2) is 9.84. The van der Waals surface area contributed by atoms with E-state index in [1.54, 1.807) is 4.90 Å². The van der Waals surface area contributed by atoms with Crippen LogP contribution in [0.2, 0.25) is 0 Å². The van der Waals surface area contributed by atoms with Crippen LogP contribution in [-0.2, 0) is 9.59 Å². The minimum atomic E-state index is -0.820. The first kappa shape index (κ1) is 20.7. The summed E-state index contributed by atoms with van der Waals surface area (Å²) in [5.41, 5.74) is 0. The Morgan fingerprint density at radius 3 is 2.50 bits per heavy atom. The average molecular weight is 362 g/mol. The number of halogens is 1. The van der Waals surface area contributed by atoms with Crippen molar-refractivity contribution < 1.29 is 19.5 Å². The summed E-state index contributed by atoms with van der Waals surface area (Å²) in [7, 11) is 0. The van der Waals surface area contributed by atoms with Gasteiger partial charge in [0, 0.05) is 12.6 Å². The Hall–Kier alpha value is -1.34. The number of nitrogens with one attached hydrogen (secondary N) is 2. The highest BCUT2D eigenvalue weighted by Gasteiger charge is 2.27. The third-order valence-electron chi connectivity index (χ3n) is 4.90. The first-order chi connectivity index (χ1) is 11.0. The van der Waals surface area contributed by atoms with Crippen LogP contribution in [0, 0.1) is 11.8 Å². The number of hydrogen-bond acceptors (Lipinski definition) is 4. The van der Waals surface area contributed by atoms with Crippen molar-refractivity contribution in [2.45, 2.75) is 51.5 Å². The standard InChI is InChI=1S/C16H27N3O4.ClH/c1-11-5-2-3-7-13(11)17-16(23)18-14(20)10-19-8-4-6-12(9-19)15(21)22;/h11-13H,2-10H2,1H3,(H,21,22)(H2,17,18,20,23);1H.